The number of carboxylic acids is 1. The number of hydrogen-bond acceptors (Lipinski definition) is 4. The minimum Gasteiger partial charge on any atom is -0.480 e. The molecular formula is C13H16BrNO4. The molecule has 19 heavy (non-hydrogen) atoms. The topological polar surface area (TPSA) is 67.8 Å². The zero-order chi connectivity index (χ0) is 14.0. The molecule has 5 nitrogen and oxygen atoms in total. The third-order valence-corrected chi connectivity index (χ3v) is 3.53. The maximum atomic E-state index is 11.1. The van der Waals surface area contributed by atoms with Crippen molar-refractivity contribution in [2.75, 3.05) is 6.79 Å². The zero-order valence-corrected chi connectivity index (χ0v) is 12.4. The van der Waals surface area contributed by atoms with Crippen molar-refractivity contribution in [3.63, 3.8) is 0 Å². The quantitative estimate of drug-likeness (QED) is 0.868. The average molecular weight is 330 g/mol. The maximum absolute atomic E-state index is 11.1. The minimum absolute atomic E-state index is 0.0231. The SMILES string of the molecule is CC(C)C(NCc1cc(Br)c2c(c1)OCO2)C(=O)O. The number of fused-ring (bicyclic) bond motifs is 1. The molecule has 0 bridgehead atoms. The molecular weight excluding hydrogens is 314 g/mol. The number of ether oxygens (including phenoxy) is 2. The Labute approximate surface area is 120 Å². The molecule has 0 fully saturated rings. The number of aliphatic carboxylic acids is 1. The van der Waals surface area contributed by atoms with Crippen LogP contribution in [0.2, 0.25) is 0 Å². The minimum atomic E-state index is -0.838. The van der Waals surface area contributed by atoms with Gasteiger partial charge in [-0.05, 0) is 39.5 Å². The van der Waals surface area contributed by atoms with Crippen LogP contribution in [0.1, 0.15) is 19.4 Å². The van der Waals surface area contributed by atoms with E-state index in [9.17, 15) is 4.79 Å². The molecule has 2 N–H and O–H groups in total. The summed E-state index contributed by atoms with van der Waals surface area (Å²) >= 11 is 3.41. The van der Waals surface area contributed by atoms with Gasteiger partial charge in [0.1, 0.15) is 6.04 Å². The van der Waals surface area contributed by atoms with E-state index in [1.165, 1.54) is 0 Å². The van der Waals surface area contributed by atoms with Gasteiger partial charge in [-0.2, -0.15) is 0 Å². The summed E-state index contributed by atoms with van der Waals surface area (Å²) in [6, 6.07) is 3.20. The van der Waals surface area contributed by atoms with E-state index in [-0.39, 0.29) is 12.7 Å². The molecule has 6 heteroatoms. The first-order valence-electron chi connectivity index (χ1n) is 6.03. The van der Waals surface area contributed by atoms with Crippen molar-refractivity contribution >= 4 is 21.9 Å². The van der Waals surface area contributed by atoms with Crippen molar-refractivity contribution in [2.24, 2.45) is 5.92 Å². The molecule has 1 unspecified atom stereocenters. The molecule has 0 aromatic heterocycles. The summed E-state index contributed by atoms with van der Waals surface area (Å²) in [6.07, 6.45) is 0. The third kappa shape index (κ3) is 3.19. The molecule has 1 aromatic rings. The van der Waals surface area contributed by atoms with Crippen molar-refractivity contribution in [3.05, 3.63) is 22.2 Å². The van der Waals surface area contributed by atoms with Gasteiger partial charge < -0.3 is 19.9 Å². The van der Waals surface area contributed by atoms with Gasteiger partial charge in [0.15, 0.2) is 11.5 Å². The Hall–Kier alpha value is -1.27. The van der Waals surface area contributed by atoms with Crippen LogP contribution < -0.4 is 14.8 Å². The summed E-state index contributed by atoms with van der Waals surface area (Å²) < 4.78 is 11.4. The van der Waals surface area contributed by atoms with E-state index in [4.69, 9.17) is 14.6 Å². The molecule has 1 heterocycles. The van der Waals surface area contributed by atoms with Gasteiger partial charge in [0.25, 0.3) is 0 Å². The summed E-state index contributed by atoms with van der Waals surface area (Å²) in [5.41, 5.74) is 0.947. The first kappa shape index (κ1) is 14.1. The largest absolute Gasteiger partial charge is 0.480 e. The first-order chi connectivity index (χ1) is 8.99. The van der Waals surface area contributed by atoms with E-state index < -0.39 is 12.0 Å². The monoisotopic (exact) mass is 329 g/mol. The number of hydrogen-bond donors (Lipinski definition) is 2. The fourth-order valence-electron chi connectivity index (χ4n) is 1.96. The van der Waals surface area contributed by atoms with Gasteiger partial charge in [0.05, 0.1) is 4.47 Å². The normalized spacial score (nSPS) is 14.7. The van der Waals surface area contributed by atoms with Crippen LogP contribution in [0.25, 0.3) is 0 Å². The van der Waals surface area contributed by atoms with Gasteiger partial charge in [-0.1, -0.05) is 13.8 Å². The highest BCUT2D eigenvalue weighted by Gasteiger charge is 2.22. The molecule has 1 aliphatic heterocycles. The fourth-order valence-corrected chi connectivity index (χ4v) is 2.56. The number of nitrogens with one attached hydrogen (secondary N) is 1. The number of carbonyl (C=O) groups is 1. The lowest BCUT2D eigenvalue weighted by Crippen LogP contribution is -2.40. The van der Waals surface area contributed by atoms with Crippen LogP contribution in [-0.2, 0) is 11.3 Å². The van der Waals surface area contributed by atoms with Crippen LogP contribution in [0.3, 0.4) is 0 Å². The van der Waals surface area contributed by atoms with Crippen LogP contribution >= 0.6 is 15.9 Å². The molecule has 0 radical (unpaired) electrons. The first-order valence-corrected chi connectivity index (χ1v) is 6.82. The Balaban J connectivity index is 2.08. The Morgan fingerprint density at radius 3 is 2.84 bits per heavy atom. The molecule has 104 valence electrons. The van der Waals surface area contributed by atoms with Crippen molar-refractivity contribution in [3.8, 4) is 11.5 Å². The van der Waals surface area contributed by atoms with Gasteiger partial charge in [-0.3, -0.25) is 4.79 Å². The van der Waals surface area contributed by atoms with Gasteiger partial charge in [0.2, 0.25) is 6.79 Å². The lowest BCUT2D eigenvalue weighted by Gasteiger charge is -2.18. The second-order valence-corrected chi connectivity index (χ2v) is 5.61. The third-order valence-electron chi connectivity index (χ3n) is 2.95. The summed E-state index contributed by atoms with van der Waals surface area (Å²) in [6.45, 7) is 4.43. The predicted molar refractivity (Wildman–Crippen MR) is 73.4 cm³/mol. The van der Waals surface area contributed by atoms with Crippen LogP contribution in [0.5, 0.6) is 11.5 Å². The Kier molecular flexibility index (Phi) is 4.31. The standard InChI is InChI=1S/C13H16BrNO4/c1-7(2)11(13(16)17)15-5-8-3-9(14)12-10(4-8)18-6-19-12/h3-4,7,11,15H,5-6H2,1-2H3,(H,16,17). The smallest absolute Gasteiger partial charge is 0.320 e. The van der Waals surface area contributed by atoms with Crippen molar-refractivity contribution < 1.29 is 19.4 Å². The number of benzene rings is 1. The lowest BCUT2D eigenvalue weighted by atomic mass is 10.0. The highest BCUT2D eigenvalue weighted by atomic mass is 79.9. The summed E-state index contributed by atoms with van der Waals surface area (Å²) in [5.74, 6) is 0.565. The summed E-state index contributed by atoms with van der Waals surface area (Å²) in [5, 5.41) is 12.2. The second kappa shape index (κ2) is 5.79. The molecule has 1 aromatic carbocycles. The maximum Gasteiger partial charge on any atom is 0.320 e. The highest BCUT2D eigenvalue weighted by Crippen LogP contribution is 2.39. The van der Waals surface area contributed by atoms with Crippen LogP contribution in [0.4, 0.5) is 0 Å². The van der Waals surface area contributed by atoms with E-state index in [1.807, 2.05) is 26.0 Å². The molecule has 0 spiro atoms. The second-order valence-electron chi connectivity index (χ2n) is 4.75. The molecule has 1 aliphatic rings. The molecule has 1 atom stereocenters. The van der Waals surface area contributed by atoms with E-state index in [1.54, 1.807) is 0 Å². The lowest BCUT2D eigenvalue weighted by molar-refractivity contribution is -0.140. The number of rotatable bonds is 5. The molecule has 2 rings (SSSR count). The summed E-state index contributed by atoms with van der Waals surface area (Å²) in [7, 11) is 0. The Bertz CT molecular complexity index is 490. The van der Waals surface area contributed by atoms with E-state index in [0.717, 1.165) is 10.0 Å². The predicted octanol–water partition coefficient (Wildman–Crippen LogP) is 2.38. The van der Waals surface area contributed by atoms with E-state index in [0.29, 0.717) is 18.0 Å². The van der Waals surface area contributed by atoms with Crippen LogP contribution in [0.15, 0.2) is 16.6 Å². The van der Waals surface area contributed by atoms with Crippen LogP contribution in [0, 0.1) is 5.92 Å². The zero-order valence-electron chi connectivity index (χ0n) is 10.8. The molecule has 0 saturated heterocycles. The summed E-state index contributed by atoms with van der Waals surface area (Å²) in [4.78, 5) is 11.1. The van der Waals surface area contributed by atoms with Gasteiger partial charge >= 0.3 is 5.97 Å². The number of carboxylic acid groups (broad SMARTS) is 1. The average Bonchev–Trinajstić information content (AvgIpc) is 2.76. The fraction of sp³-hybridized carbons (Fsp3) is 0.462. The Morgan fingerprint density at radius 1 is 1.47 bits per heavy atom. The Morgan fingerprint density at radius 2 is 2.21 bits per heavy atom. The van der Waals surface area contributed by atoms with Crippen molar-refractivity contribution in [1.29, 1.82) is 0 Å². The van der Waals surface area contributed by atoms with Crippen molar-refractivity contribution in [1.82, 2.24) is 5.32 Å². The van der Waals surface area contributed by atoms with Crippen LogP contribution in [-0.4, -0.2) is 23.9 Å². The van der Waals surface area contributed by atoms with E-state index in [2.05, 4.69) is 21.2 Å². The highest BCUT2D eigenvalue weighted by molar-refractivity contribution is 9.10. The van der Waals surface area contributed by atoms with Crippen molar-refractivity contribution in [2.45, 2.75) is 26.4 Å². The van der Waals surface area contributed by atoms with Gasteiger partial charge in [0, 0.05) is 6.54 Å². The van der Waals surface area contributed by atoms with Gasteiger partial charge in [-0.25, -0.2) is 0 Å². The molecule has 0 saturated carbocycles. The molecule has 0 amide bonds. The molecule has 0 aliphatic carbocycles. The van der Waals surface area contributed by atoms with Gasteiger partial charge in [-0.15, -0.1) is 0 Å². The van der Waals surface area contributed by atoms with E-state index >= 15 is 0 Å². The number of halogens is 1.